The van der Waals surface area contributed by atoms with E-state index < -0.39 is 0 Å². The minimum Gasteiger partial charge on any atom is -0.385 e. The maximum atomic E-state index is 14.1. The van der Waals surface area contributed by atoms with Crippen molar-refractivity contribution in [3.63, 3.8) is 0 Å². The number of nitrogens with zero attached hydrogens (tertiary/aromatic N) is 15. The van der Waals surface area contributed by atoms with Crippen molar-refractivity contribution in [3.8, 4) is 56.4 Å². The highest BCUT2D eigenvalue weighted by Gasteiger charge is 2.41. The number of hydrogen-bond donors (Lipinski definition) is 0. The average Bonchev–Trinajstić information content (AvgIpc) is 1.63. The molecule has 4 aliphatic carbocycles. The van der Waals surface area contributed by atoms with Gasteiger partial charge in [-0.25, -0.2) is 43.7 Å². The highest BCUT2D eigenvalue weighted by Crippen LogP contribution is 2.51. The number of Topliss-reactive ketones (excluding diaryl/α,β-unsaturated/α-hetero) is 4. The molecule has 0 radical (unpaired) electrons. The first-order chi connectivity index (χ1) is 68.9. The molecule has 8 heterocycles. The van der Waals surface area contributed by atoms with E-state index in [-0.39, 0.29) is 63.7 Å². The number of aromatic nitrogens is 15. The minimum atomic E-state index is -0.190. The summed E-state index contributed by atoms with van der Waals surface area (Å²) in [5, 5.41) is 19.1. The summed E-state index contributed by atoms with van der Waals surface area (Å²) in [4.78, 5) is 84.0. The molecule has 4 aliphatic rings. The molecule has 0 aliphatic heterocycles. The molecular weight excluding hydrogens is 1810 g/mol. The van der Waals surface area contributed by atoms with Gasteiger partial charge in [-0.2, -0.15) is 20.4 Å². The molecule has 12 atom stereocenters. The number of methoxy groups -OCH3 is 4. The summed E-state index contributed by atoms with van der Waals surface area (Å²) < 4.78 is 42.9. The van der Waals surface area contributed by atoms with E-state index in [0.717, 1.165) is 210 Å². The molecule has 18 rings (SSSR count). The van der Waals surface area contributed by atoms with Crippen LogP contribution in [0.25, 0.3) is 56.4 Å². The van der Waals surface area contributed by atoms with E-state index in [9.17, 15) is 23.6 Å². The van der Waals surface area contributed by atoms with Crippen LogP contribution in [0.5, 0.6) is 0 Å². The zero-order valence-corrected chi connectivity index (χ0v) is 84.8. The molecule has 23 nitrogen and oxygen atoms in total. The summed E-state index contributed by atoms with van der Waals surface area (Å²) in [6, 6.07) is 65.4. The van der Waals surface area contributed by atoms with E-state index in [0.29, 0.717) is 128 Å². The lowest BCUT2D eigenvalue weighted by Gasteiger charge is -2.20. The zero-order chi connectivity index (χ0) is 99.7. The number of para-hydroxylation sites is 2. The van der Waals surface area contributed by atoms with Gasteiger partial charge < -0.3 is 18.9 Å². The van der Waals surface area contributed by atoms with Gasteiger partial charge in [0.1, 0.15) is 46.4 Å². The first-order valence-electron chi connectivity index (χ1n) is 50.5. The van der Waals surface area contributed by atoms with Crippen LogP contribution in [0.4, 0.5) is 4.39 Å². The Labute approximate surface area is 858 Å². The first kappa shape index (κ1) is 111. The number of carbonyl (C=O) groups is 4. The lowest BCUT2D eigenvalue weighted by molar-refractivity contribution is -0.120. The topological polar surface area (TPSA) is 267 Å². The summed E-state index contributed by atoms with van der Waals surface area (Å²) >= 11 is 0. The largest absolute Gasteiger partial charge is 0.385 e. The molecule has 8 aromatic heterocycles. The smallest absolute Gasteiger partial charge is 0.139 e. The van der Waals surface area contributed by atoms with Crippen LogP contribution in [0.3, 0.4) is 0 Å². The van der Waals surface area contributed by atoms with Gasteiger partial charge in [-0.15, -0.1) is 0 Å². The Hall–Kier alpha value is -13.0. The third-order valence-corrected chi connectivity index (χ3v) is 29.7. The molecule has 4 fully saturated rings. The number of benzene rings is 6. The van der Waals surface area contributed by atoms with Gasteiger partial charge in [-0.3, -0.25) is 33.5 Å². The Morgan fingerprint density at radius 3 is 0.952 bits per heavy atom. The van der Waals surface area contributed by atoms with Crippen LogP contribution >= 0.6 is 0 Å². The Morgan fingerprint density at radius 2 is 0.634 bits per heavy atom. The Morgan fingerprint density at radius 1 is 0.331 bits per heavy atom. The quantitative estimate of drug-likeness (QED) is 0.0348. The molecule has 0 bridgehead atoms. The van der Waals surface area contributed by atoms with Gasteiger partial charge in [0.2, 0.25) is 0 Å². The molecule has 0 saturated heterocycles. The molecule has 14 aromatic rings. The molecule has 24 heteroatoms. The molecule has 0 N–H and O–H groups in total. The molecule has 4 saturated carbocycles. The van der Waals surface area contributed by atoms with E-state index in [1.165, 1.54) is 16.7 Å². The van der Waals surface area contributed by atoms with Gasteiger partial charge in [-0.1, -0.05) is 162 Å². The average molecular weight is 1960 g/mol. The second kappa shape index (κ2) is 53.7. The number of pyridine rings is 1. The number of hydrogen-bond acceptors (Lipinski definition) is 19. The van der Waals surface area contributed by atoms with E-state index in [2.05, 4.69) is 136 Å². The highest BCUT2D eigenvalue weighted by molar-refractivity contribution is 5.84. The monoisotopic (exact) mass is 1960 g/mol. The van der Waals surface area contributed by atoms with E-state index in [4.69, 9.17) is 29.1 Å². The molecule has 764 valence electrons. The SMILES string of the molecule is C.C.C.COCC[C@@H]1C[C@@H](CC(=O)Cc2c(C)c(-c3cnc(C)nc3)nn2-c2ccccc2)[C@H](c2ccc(F)c(C)c2)C1.COCC[C@@H]1C[C@@H](CC(=O)Cc2c(C)c(-c3cnc(C)nc3)nn2-c2ccccc2)[C@H](c2ccccc2)C1.COCC[C@@H]1C[C@@H](CC(=O)Cc2cc(-c3ccc(C)nc3)nn2C)[C@H](c2ccccc2)C1.COCC[C@@H]1C[C@@H](CC(=O)Cc2cc(-c3cnc(C)nc3)nn2C)[C@H](c2ccccc2)C1. The van der Waals surface area contributed by atoms with Crippen LogP contribution in [0.1, 0.15) is 234 Å². The van der Waals surface area contributed by atoms with Crippen LogP contribution in [0.2, 0.25) is 0 Å². The van der Waals surface area contributed by atoms with Gasteiger partial charge >= 0.3 is 0 Å². The lowest BCUT2D eigenvalue weighted by atomic mass is 9.84. The van der Waals surface area contributed by atoms with Crippen molar-refractivity contribution in [2.24, 2.45) is 61.4 Å². The van der Waals surface area contributed by atoms with Crippen LogP contribution < -0.4 is 0 Å². The summed E-state index contributed by atoms with van der Waals surface area (Å²) in [6.45, 7) is 16.5. The van der Waals surface area contributed by atoms with E-state index in [1.807, 2.05) is 185 Å². The van der Waals surface area contributed by atoms with Crippen LogP contribution in [-0.2, 0) is 77.9 Å². The number of ketones is 4. The fourth-order valence-electron chi connectivity index (χ4n) is 22.2. The number of rotatable bonds is 38. The second-order valence-electron chi connectivity index (χ2n) is 39.7. The second-order valence-corrected chi connectivity index (χ2v) is 39.7. The predicted molar refractivity (Wildman–Crippen MR) is 574 cm³/mol. The maximum Gasteiger partial charge on any atom is 0.139 e. The van der Waals surface area contributed by atoms with Crippen molar-refractivity contribution in [1.82, 2.24) is 74.0 Å². The van der Waals surface area contributed by atoms with Gasteiger partial charge in [0.05, 0.1) is 45.5 Å². The van der Waals surface area contributed by atoms with Gasteiger partial charge in [0, 0.05) is 203 Å². The lowest BCUT2D eigenvalue weighted by Crippen LogP contribution is -2.16. The van der Waals surface area contributed by atoms with Crippen molar-refractivity contribution in [1.29, 1.82) is 0 Å². The van der Waals surface area contributed by atoms with E-state index >= 15 is 0 Å². The normalized spacial score (nSPS) is 19.2. The third kappa shape index (κ3) is 29.5. The molecule has 0 spiro atoms. The zero-order valence-electron chi connectivity index (χ0n) is 84.8. The molecular formula is C121H150FN15O8. The third-order valence-electron chi connectivity index (χ3n) is 29.7. The first-order valence-corrected chi connectivity index (χ1v) is 50.5. The maximum absolute atomic E-state index is 14.1. The number of ether oxygens (including phenoxy) is 4. The van der Waals surface area contributed by atoms with Crippen LogP contribution in [0, 0.1) is 102 Å². The molecule has 6 aromatic carbocycles. The van der Waals surface area contributed by atoms with Crippen LogP contribution in [-0.4, -0.2) is 152 Å². The molecule has 0 unspecified atom stereocenters. The highest BCUT2D eigenvalue weighted by atomic mass is 19.1. The molecule has 145 heavy (non-hydrogen) atoms. The number of halogens is 1. The van der Waals surface area contributed by atoms with Gasteiger partial charge in [-0.05, 0) is 290 Å². The predicted octanol–water partition coefficient (Wildman–Crippen LogP) is 24.6. The van der Waals surface area contributed by atoms with Crippen molar-refractivity contribution in [2.45, 2.75) is 223 Å². The minimum absolute atomic E-state index is 0. The van der Waals surface area contributed by atoms with Crippen molar-refractivity contribution >= 4 is 23.1 Å². The number of aryl methyl sites for hydroxylation is 7. The van der Waals surface area contributed by atoms with Crippen molar-refractivity contribution < 1.29 is 42.5 Å². The van der Waals surface area contributed by atoms with Crippen LogP contribution in [0.15, 0.2) is 238 Å². The Bertz CT molecular complexity index is 6250. The summed E-state index contributed by atoms with van der Waals surface area (Å²) in [5.74, 6) is 8.11. The van der Waals surface area contributed by atoms with Crippen molar-refractivity contribution in [3.05, 3.63) is 328 Å². The van der Waals surface area contributed by atoms with E-state index in [1.54, 1.807) is 70.9 Å². The summed E-state index contributed by atoms with van der Waals surface area (Å²) in [6.07, 6.45) is 29.1. The fourth-order valence-corrected chi connectivity index (χ4v) is 22.2. The standard InChI is InChI=1S/C33H37FN4O2.C32H36N4O2.C27H33N3O2.C26H32N4O2.3CH4/c1-21-14-25(10-11-31(21)34)30-16-24(12-13-40-4)15-26(30)17-29(39)18-32-22(2)33(27-19-35-23(3)36-20-27)37-38(32)28-8-6-5-7-9-28;1-22-31(36(28-12-8-5-9-13-28)35-32(22)27-20-33-23(2)34-21-27)19-29(37)18-26-16-24(14-15-38-3)17-30(26)25-10-6-4-7-11-25;1-19-9-10-22(18-28-19)27-17-24(30(2)29-27)16-25(31)15-23-13-20(11-12-32-3)14-26(23)21-7-5-4-6-8-21;1-18-27-16-22(17-28-18)26-15-23(30(2)29-26)14-24(31)13-21-11-19(9-10-32-3)12-25(21)20-7-5-4-6-8-20;;;/h5-11,14,19-20,24,26,30H,12-13,15-18H2,1-4H3;4-13,20-21,24,26,30H,14-19H2,1-3H3;4-10,17-18,20,23,26H,11-16H2,1-3H3;4-8,15-17,19,21,25H,9-14H2,1-3H3;3*1H4/t2*24-,26+,30+;20-,23+,26+;19-,21+,25+;;;/m1111.../s1. The number of carbonyl (C=O) groups excluding carboxylic acids is 4. The van der Waals surface area contributed by atoms with Gasteiger partial charge in [0.15, 0.2) is 0 Å². The fraction of sp³-hybridized carbons (Fsp3) is 0.430. The Kier molecular flexibility index (Phi) is 41.0. The van der Waals surface area contributed by atoms with Crippen molar-refractivity contribution in [2.75, 3.05) is 54.9 Å². The Balaban J connectivity index is 0.000000172. The molecule has 0 amide bonds. The summed E-state index contributed by atoms with van der Waals surface area (Å²) in [5.41, 5.74) is 21.1. The van der Waals surface area contributed by atoms with Gasteiger partial charge in [0.25, 0.3) is 0 Å². The summed E-state index contributed by atoms with van der Waals surface area (Å²) in [7, 11) is 10.8.